The second-order valence-electron chi connectivity index (χ2n) is 10.8. The summed E-state index contributed by atoms with van der Waals surface area (Å²) in [5, 5.41) is 0. The van der Waals surface area contributed by atoms with Gasteiger partial charge in [0.25, 0.3) is 0 Å². The molecule has 1 fully saturated rings. The topological polar surface area (TPSA) is 9.23 Å². The summed E-state index contributed by atoms with van der Waals surface area (Å²) in [7, 11) is 0. The fraction of sp³-hybridized carbons (Fsp3) is 0.613. The third-order valence-electron chi connectivity index (χ3n) is 7.88. The van der Waals surface area contributed by atoms with Gasteiger partial charge in [0.15, 0.2) is 0 Å². The van der Waals surface area contributed by atoms with E-state index in [-0.39, 0.29) is 0 Å². The van der Waals surface area contributed by atoms with E-state index < -0.39 is 0 Å². The van der Waals surface area contributed by atoms with E-state index in [2.05, 4.69) is 76.2 Å². The Hall–Kier alpha value is -1.76. The monoisotopic (exact) mass is 434 g/mol. The summed E-state index contributed by atoms with van der Waals surface area (Å²) in [5.41, 5.74) is 4.48. The number of ether oxygens (including phenoxy) is 1. The number of para-hydroxylation sites is 1. The summed E-state index contributed by atoms with van der Waals surface area (Å²) in [4.78, 5) is 0. The number of rotatable bonds is 10. The Morgan fingerprint density at radius 2 is 1.59 bits per heavy atom. The lowest BCUT2D eigenvalue weighted by Gasteiger charge is -2.40. The minimum Gasteiger partial charge on any atom is -0.490 e. The molecule has 176 valence electrons. The molecule has 0 heterocycles. The SMILES string of the molecule is Cc1cccc(C)c1OC(C)CCCCCC1CCCCCCC1(C)Cc1ccccc1. The molecule has 0 amide bonds. The molecule has 0 bridgehead atoms. The Labute approximate surface area is 198 Å². The summed E-state index contributed by atoms with van der Waals surface area (Å²) in [6, 6.07) is 17.6. The summed E-state index contributed by atoms with van der Waals surface area (Å²) < 4.78 is 6.30. The molecule has 32 heavy (non-hydrogen) atoms. The molecule has 0 aromatic heterocycles. The predicted octanol–water partition coefficient (Wildman–Crippen LogP) is 9.24. The first-order chi connectivity index (χ1) is 15.5. The van der Waals surface area contributed by atoms with Crippen LogP contribution < -0.4 is 4.74 Å². The summed E-state index contributed by atoms with van der Waals surface area (Å²) >= 11 is 0. The third-order valence-corrected chi connectivity index (χ3v) is 7.88. The van der Waals surface area contributed by atoms with Gasteiger partial charge in [0, 0.05) is 0 Å². The van der Waals surface area contributed by atoms with E-state index in [1.54, 1.807) is 0 Å². The van der Waals surface area contributed by atoms with Crippen LogP contribution in [0.4, 0.5) is 0 Å². The fourth-order valence-corrected chi connectivity index (χ4v) is 5.86. The van der Waals surface area contributed by atoms with Gasteiger partial charge in [0.2, 0.25) is 0 Å². The van der Waals surface area contributed by atoms with Gasteiger partial charge < -0.3 is 4.74 Å². The van der Waals surface area contributed by atoms with E-state index in [4.69, 9.17) is 4.74 Å². The van der Waals surface area contributed by atoms with Crippen LogP contribution in [-0.2, 0) is 6.42 Å². The number of unbranched alkanes of at least 4 members (excludes halogenated alkanes) is 2. The Bertz CT molecular complexity index is 775. The molecule has 3 unspecified atom stereocenters. The molecule has 0 spiro atoms. The van der Waals surface area contributed by atoms with Crippen LogP contribution in [0.1, 0.15) is 101 Å². The molecule has 1 aliphatic rings. The van der Waals surface area contributed by atoms with Gasteiger partial charge >= 0.3 is 0 Å². The molecule has 1 heteroatoms. The quantitative estimate of drug-likeness (QED) is 0.338. The maximum absolute atomic E-state index is 6.30. The van der Waals surface area contributed by atoms with E-state index in [1.807, 2.05) is 0 Å². The number of benzene rings is 2. The van der Waals surface area contributed by atoms with Crippen molar-refractivity contribution in [2.75, 3.05) is 0 Å². The first-order valence-electron chi connectivity index (χ1n) is 13.2. The van der Waals surface area contributed by atoms with Crippen molar-refractivity contribution < 1.29 is 4.74 Å². The first kappa shape index (κ1) is 24.9. The number of hydrogen-bond donors (Lipinski definition) is 0. The van der Waals surface area contributed by atoms with Crippen molar-refractivity contribution in [1.82, 2.24) is 0 Å². The normalized spacial score (nSPS) is 22.7. The molecule has 1 aliphatic carbocycles. The van der Waals surface area contributed by atoms with Crippen LogP contribution >= 0.6 is 0 Å². The van der Waals surface area contributed by atoms with Gasteiger partial charge in [-0.15, -0.1) is 0 Å². The van der Waals surface area contributed by atoms with Gasteiger partial charge in [-0.05, 0) is 87.3 Å². The van der Waals surface area contributed by atoms with Crippen molar-refractivity contribution in [3.05, 3.63) is 65.2 Å². The minimum absolute atomic E-state index is 0.291. The van der Waals surface area contributed by atoms with E-state index in [9.17, 15) is 0 Å². The van der Waals surface area contributed by atoms with Crippen molar-refractivity contribution in [3.63, 3.8) is 0 Å². The molecule has 0 saturated heterocycles. The molecule has 1 nitrogen and oxygen atoms in total. The molecule has 2 aromatic carbocycles. The molecule has 0 radical (unpaired) electrons. The Kier molecular flexibility index (Phi) is 9.69. The van der Waals surface area contributed by atoms with Gasteiger partial charge in [-0.1, -0.05) is 94.0 Å². The van der Waals surface area contributed by atoms with Crippen molar-refractivity contribution in [2.24, 2.45) is 11.3 Å². The summed E-state index contributed by atoms with van der Waals surface area (Å²) in [6.07, 6.45) is 16.6. The van der Waals surface area contributed by atoms with E-state index >= 15 is 0 Å². The van der Waals surface area contributed by atoms with Crippen LogP contribution in [0.15, 0.2) is 48.5 Å². The predicted molar refractivity (Wildman–Crippen MR) is 139 cm³/mol. The summed E-state index contributed by atoms with van der Waals surface area (Å²) in [6.45, 7) is 9.13. The average molecular weight is 435 g/mol. The van der Waals surface area contributed by atoms with Gasteiger partial charge in [0.1, 0.15) is 5.75 Å². The number of aryl methyl sites for hydroxylation is 2. The zero-order valence-corrected chi connectivity index (χ0v) is 21.2. The smallest absolute Gasteiger partial charge is 0.125 e. The molecule has 3 atom stereocenters. The van der Waals surface area contributed by atoms with Crippen LogP contribution in [-0.4, -0.2) is 6.10 Å². The van der Waals surface area contributed by atoms with Crippen molar-refractivity contribution >= 4 is 0 Å². The summed E-state index contributed by atoms with van der Waals surface area (Å²) in [5.74, 6) is 1.96. The highest BCUT2D eigenvalue weighted by Crippen LogP contribution is 2.44. The molecular weight excluding hydrogens is 388 g/mol. The maximum Gasteiger partial charge on any atom is 0.125 e. The van der Waals surface area contributed by atoms with Gasteiger partial charge in [-0.25, -0.2) is 0 Å². The average Bonchev–Trinajstić information content (AvgIpc) is 2.76. The Morgan fingerprint density at radius 3 is 2.34 bits per heavy atom. The molecule has 3 rings (SSSR count). The van der Waals surface area contributed by atoms with E-state index in [0.717, 1.165) is 18.1 Å². The first-order valence-corrected chi connectivity index (χ1v) is 13.2. The second kappa shape index (κ2) is 12.5. The zero-order valence-electron chi connectivity index (χ0n) is 21.2. The second-order valence-corrected chi connectivity index (χ2v) is 10.8. The minimum atomic E-state index is 0.291. The molecular formula is C31H46O. The van der Waals surface area contributed by atoms with Crippen LogP contribution in [0.25, 0.3) is 0 Å². The highest BCUT2D eigenvalue weighted by Gasteiger charge is 2.34. The largest absolute Gasteiger partial charge is 0.490 e. The van der Waals surface area contributed by atoms with Crippen LogP contribution in [0.3, 0.4) is 0 Å². The van der Waals surface area contributed by atoms with Crippen LogP contribution in [0.5, 0.6) is 5.75 Å². The lowest BCUT2D eigenvalue weighted by atomic mass is 9.65. The van der Waals surface area contributed by atoms with Gasteiger partial charge in [-0.2, -0.15) is 0 Å². The Balaban J connectivity index is 1.47. The third kappa shape index (κ3) is 7.39. The molecule has 1 saturated carbocycles. The molecule has 0 N–H and O–H groups in total. The molecule has 0 aliphatic heterocycles. The fourth-order valence-electron chi connectivity index (χ4n) is 5.86. The highest BCUT2D eigenvalue weighted by atomic mass is 16.5. The van der Waals surface area contributed by atoms with Crippen LogP contribution in [0, 0.1) is 25.2 Å². The number of hydrogen-bond acceptors (Lipinski definition) is 1. The zero-order chi connectivity index (χ0) is 22.8. The van der Waals surface area contributed by atoms with Crippen molar-refractivity contribution in [2.45, 2.75) is 111 Å². The molecule has 2 aromatic rings. The van der Waals surface area contributed by atoms with Crippen LogP contribution in [0.2, 0.25) is 0 Å². The van der Waals surface area contributed by atoms with E-state index in [0.29, 0.717) is 11.5 Å². The van der Waals surface area contributed by atoms with Gasteiger partial charge in [0.05, 0.1) is 6.10 Å². The van der Waals surface area contributed by atoms with Crippen molar-refractivity contribution in [3.8, 4) is 5.75 Å². The standard InChI is InChI=1S/C31H46O/c1-25-16-15-17-26(2)30(25)32-27(3)18-9-7-13-22-29-21-12-5-6-14-23-31(29,4)24-28-19-10-8-11-20-28/h8,10-11,15-17,19-20,27,29H,5-7,9,12-14,18,21-24H2,1-4H3. The van der Waals surface area contributed by atoms with E-state index in [1.165, 1.54) is 87.3 Å². The maximum atomic E-state index is 6.30. The highest BCUT2D eigenvalue weighted by molar-refractivity contribution is 5.39. The lowest BCUT2D eigenvalue weighted by molar-refractivity contribution is 0.124. The van der Waals surface area contributed by atoms with Crippen molar-refractivity contribution in [1.29, 1.82) is 0 Å². The van der Waals surface area contributed by atoms with Gasteiger partial charge in [-0.3, -0.25) is 0 Å². The Morgan fingerprint density at radius 1 is 0.875 bits per heavy atom. The lowest BCUT2D eigenvalue weighted by Crippen LogP contribution is -2.31.